The van der Waals surface area contributed by atoms with Crippen molar-refractivity contribution in [2.24, 2.45) is 0 Å². The van der Waals surface area contributed by atoms with Crippen molar-refractivity contribution in [3.8, 4) is 11.5 Å². The van der Waals surface area contributed by atoms with E-state index in [0.29, 0.717) is 11.5 Å². The number of sulfonamides is 1. The quantitative estimate of drug-likeness (QED) is 0.457. The summed E-state index contributed by atoms with van der Waals surface area (Å²) in [5.74, 6) is -1.32. The minimum absolute atomic E-state index is 0.00462. The van der Waals surface area contributed by atoms with Crippen molar-refractivity contribution in [3.05, 3.63) is 77.4 Å². The third-order valence-electron chi connectivity index (χ3n) is 4.75. The first-order valence-electron chi connectivity index (χ1n) is 9.65. The van der Waals surface area contributed by atoms with Gasteiger partial charge in [-0.3, -0.25) is 9.52 Å². The molecule has 3 aromatic carbocycles. The Kier molecular flexibility index (Phi) is 6.88. The number of carbonyl (C=O) groups is 2. The first-order chi connectivity index (χ1) is 15.6. The van der Waals surface area contributed by atoms with Gasteiger partial charge in [0.25, 0.3) is 15.9 Å². The van der Waals surface area contributed by atoms with E-state index in [2.05, 4.69) is 10.0 Å². The van der Waals surface area contributed by atoms with E-state index in [0.717, 1.165) is 5.56 Å². The minimum Gasteiger partial charge on any atom is -0.497 e. The van der Waals surface area contributed by atoms with Gasteiger partial charge in [-0.05, 0) is 43.3 Å². The Balaban J connectivity index is 2.00. The van der Waals surface area contributed by atoms with Crippen molar-refractivity contribution in [2.45, 2.75) is 11.8 Å². The van der Waals surface area contributed by atoms with Crippen LogP contribution in [0.5, 0.6) is 11.5 Å². The highest BCUT2D eigenvalue weighted by Crippen LogP contribution is 2.28. The van der Waals surface area contributed by atoms with Crippen LogP contribution in [0.3, 0.4) is 0 Å². The molecular formula is C23H22N2O7S. The fraction of sp³-hybridized carbons (Fsp3) is 0.130. The third kappa shape index (κ3) is 5.42. The summed E-state index contributed by atoms with van der Waals surface area (Å²) in [5, 5.41) is 12.0. The molecule has 33 heavy (non-hydrogen) atoms. The van der Waals surface area contributed by atoms with Crippen LogP contribution in [0.2, 0.25) is 0 Å². The molecule has 0 heterocycles. The standard InChI is InChI=1S/C23H22N2O7S/c1-14-4-8-17(9-5-14)33(29,30)25-21-13-16(32-3)6-10-18(21)22(26)24-20-12-15(31-2)7-11-19(20)23(27)28/h4-13,25H,1-3H3,(H,24,26)(H,27,28). The second kappa shape index (κ2) is 9.61. The monoisotopic (exact) mass is 470 g/mol. The van der Waals surface area contributed by atoms with Crippen molar-refractivity contribution in [3.63, 3.8) is 0 Å². The molecule has 0 aliphatic heterocycles. The number of hydrogen-bond donors (Lipinski definition) is 3. The summed E-state index contributed by atoms with van der Waals surface area (Å²) in [5.41, 5.74) is 0.662. The van der Waals surface area contributed by atoms with Crippen LogP contribution in [0.25, 0.3) is 0 Å². The summed E-state index contributed by atoms with van der Waals surface area (Å²) in [7, 11) is -1.20. The Labute approximate surface area is 191 Å². The number of benzene rings is 3. The zero-order valence-electron chi connectivity index (χ0n) is 18.1. The number of carboxylic acids is 1. The van der Waals surface area contributed by atoms with Crippen molar-refractivity contribution in [1.29, 1.82) is 0 Å². The first kappa shape index (κ1) is 23.6. The predicted octanol–water partition coefficient (Wildman–Crippen LogP) is 3.76. The van der Waals surface area contributed by atoms with Crippen LogP contribution in [0.1, 0.15) is 26.3 Å². The van der Waals surface area contributed by atoms with Crippen LogP contribution >= 0.6 is 0 Å². The van der Waals surface area contributed by atoms with Gasteiger partial charge in [0, 0.05) is 12.1 Å². The van der Waals surface area contributed by atoms with Crippen LogP contribution in [-0.2, 0) is 10.0 Å². The van der Waals surface area contributed by atoms with E-state index in [-0.39, 0.29) is 27.4 Å². The lowest BCUT2D eigenvalue weighted by Gasteiger charge is -2.15. The number of rotatable bonds is 8. The molecule has 0 spiro atoms. The highest BCUT2D eigenvalue weighted by molar-refractivity contribution is 7.92. The van der Waals surface area contributed by atoms with Gasteiger partial charge in [0.15, 0.2) is 0 Å². The smallest absolute Gasteiger partial charge is 0.337 e. The van der Waals surface area contributed by atoms with E-state index in [1.54, 1.807) is 12.1 Å². The molecule has 172 valence electrons. The molecule has 3 N–H and O–H groups in total. The number of amides is 1. The number of anilines is 2. The van der Waals surface area contributed by atoms with Crippen LogP contribution in [0.4, 0.5) is 11.4 Å². The number of carboxylic acid groups (broad SMARTS) is 1. The average molecular weight is 471 g/mol. The van der Waals surface area contributed by atoms with Gasteiger partial charge in [0.1, 0.15) is 11.5 Å². The Morgan fingerprint density at radius 1 is 0.818 bits per heavy atom. The first-order valence-corrected chi connectivity index (χ1v) is 11.1. The molecule has 3 rings (SSSR count). The molecule has 0 atom stereocenters. The van der Waals surface area contributed by atoms with E-state index < -0.39 is 21.9 Å². The maximum atomic E-state index is 13.1. The Morgan fingerprint density at radius 3 is 1.91 bits per heavy atom. The van der Waals surface area contributed by atoms with Gasteiger partial charge in [0.2, 0.25) is 0 Å². The summed E-state index contributed by atoms with van der Waals surface area (Å²) in [4.78, 5) is 24.6. The van der Waals surface area contributed by atoms with Crippen LogP contribution in [0.15, 0.2) is 65.6 Å². The number of carbonyl (C=O) groups excluding carboxylic acids is 1. The van der Waals surface area contributed by atoms with E-state index in [1.807, 2.05) is 6.92 Å². The lowest BCUT2D eigenvalue weighted by Crippen LogP contribution is -2.19. The lowest BCUT2D eigenvalue weighted by atomic mass is 10.1. The van der Waals surface area contributed by atoms with Gasteiger partial charge in [-0.2, -0.15) is 0 Å². The normalized spacial score (nSPS) is 10.9. The number of ether oxygens (including phenoxy) is 2. The largest absolute Gasteiger partial charge is 0.497 e. The molecule has 0 saturated heterocycles. The molecule has 1 amide bonds. The van der Waals surface area contributed by atoms with E-state index in [1.165, 1.54) is 62.8 Å². The molecule has 3 aromatic rings. The summed E-state index contributed by atoms with van der Waals surface area (Å²) < 4.78 is 38.5. The van der Waals surface area contributed by atoms with Crippen molar-refractivity contribution in [1.82, 2.24) is 0 Å². The van der Waals surface area contributed by atoms with Crippen molar-refractivity contribution >= 4 is 33.3 Å². The molecular weight excluding hydrogens is 448 g/mol. The average Bonchev–Trinajstić information content (AvgIpc) is 2.78. The number of aryl methyl sites for hydroxylation is 1. The molecule has 0 aliphatic carbocycles. The zero-order valence-corrected chi connectivity index (χ0v) is 18.9. The topological polar surface area (TPSA) is 131 Å². The second-order valence-electron chi connectivity index (χ2n) is 7.00. The maximum absolute atomic E-state index is 13.1. The number of methoxy groups -OCH3 is 2. The molecule has 0 unspecified atom stereocenters. The highest BCUT2D eigenvalue weighted by atomic mass is 32.2. The fourth-order valence-corrected chi connectivity index (χ4v) is 4.05. The van der Waals surface area contributed by atoms with Gasteiger partial charge >= 0.3 is 5.97 Å². The molecule has 0 aromatic heterocycles. The van der Waals surface area contributed by atoms with E-state index >= 15 is 0 Å². The third-order valence-corrected chi connectivity index (χ3v) is 6.13. The Bertz CT molecular complexity index is 1300. The van der Waals surface area contributed by atoms with Gasteiger partial charge in [0.05, 0.1) is 41.6 Å². The Hall–Kier alpha value is -4.05. The van der Waals surface area contributed by atoms with Gasteiger partial charge in [-0.1, -0.05) is 17.7 Å². The molecule has 9 nitrogen and oxygen atoms in total. The van der Waals surface area contributed by atoms with Gasteiger partial charge in [-0.25, -0.2) is 13.2 Å². The Morgan fingerprint density at radius 2 is 1.36 bits per heavy atom. The minimum atomic E-state index is -4.02. The van der Waals surface area contributed by atoms with Crippen LogP contribution in [0, 0.1) is 6.92 Å². The van der Waals surface area contributed by atoms with Gasteiger partial charge < -0.3 is 19.9 Å². The molecule has 0 saturated carbocycles. The van der Waals surface area contributed by atoms with Crippen LogP contribution in [-0.4, -0.2) is 39.6 Å². The number of aromatic carboxylic acids is 1. The van der Waals surface area contributed by atoms with Gasteiger partial charge in [-0.15, -0.1) is 0 Å². The molecule has 10 heteroatoms. The fourth-order valence-electron chi connectivity index (χ4n) is 2.98. The van der Waals surface area contributed by atoms with Crippen molar-refractivity contribution in [2.75, 3.05) is 24.3 Å². The maximum Gasteiger partial charge on any atom is 0.337 e. The van der Waals surface area contributed by atoms with Crippen molar-refractivity contribution < 1.29 is 32.6 Å². The number of hydrogen-bond acceptors (Lipinski definition) is 6. The predicted molar refractivity (Wildman–Crippen MR) is 123 cm³/mol. The second-order valence-corrected chi connectivity index (χ2v) is 8.68. The molecule has 0 fully saturated rings. The molecule has 0 aliphatic rings. The summed E-state index contributed by atoms with van der Waals surface area (Å²) in [6.07, 6.45) is 0. The summed E-state index contributed by atoms with van der Waals surface area (Å²) in [6, 6.07) is 14.6. The van der Waals surface area contributed by atoms with E-state index in [9.17, 15) is 23.1 Å². The molecule has 0 radical (unpaired) electrons. The SMILES string of the molecule is COc1ccc(C(=O)O)c(NC(=O)c2ccc(OC)cc2NS(=O)(=O)c2ccc(C)cc2)c1. The van der Waals surface area contributed by atoms with Crippen LogP contribution < -0.4 is 19.5 Å². The zero-order chi connectivity index (χ0) is 24.2. The lowest BCUT2D eigenvalue weighted by molar-refractivity contribution is 0.0698. The summed E-state index contributed by atoms with van der Waals surface area (Å²) in [6.45, 7) is 1.83. The number of nitrogens with one attached hydrogen (secondary N) is 2. The highest BCUT2D eigenvalue weighted by Gasteiger charge is 2.21. The van der Waals surface area contributed by atoms with E-state index in [4.69, 9.17) is 9.47 Å². The summed E-state index contributed by atoms with van der Waals surface area (Å²) >= 11 is 0. The molecule has 0 bridgehead atoms.